The van der Waals surface area contributed by atoms with Crippen LogP contribution in [0.3, 0.4) is 0 Å². The fourth-order valence-electron chi connectivity index (χ4n) is 3.29. The predicted octanol–water partition coefficient (Wildman–Crippen LogP) is 2.70. The van der Waals surface area contributed by atoms with Crippen molar-refractivity contribution >= 4 is 28.8 Å². The van der Waals surface area contributed by atoms with E-state index in [4.69, 9.17) is 9.47 Å². The summed E-state index contributed by atoms with van der Waals surface area (Å²) >= 11 is 1.07. The average Bonchev–Trinajstić information content (AvgIpc) is 3.20. The van der Waals surface area contributed by atoms with Gasteiger partial charge in [-0.3, -0.25) is 19.1 Å². The number of hydrogen-bond acceptors (Lipinski definition) is 7. The minimum Gasteiger partial charge on any atom is -0.497 e. The zero-order valence-corrected chi connectivity index (χ0v) is 19.2. The van der Waals surface area contributed by atoms with Crippen LogP contribution < -0.4 is 24.2 Å². The molecule has 0 aliphatic rings. The van der Waals surface area contributed by atoms with Crippen LogP contribution in [0.2, 0.25) is 0 Å². The van der Waals surface area contributed by atoms with E-state index in [1.165, 1.54) is 11.7 Å². The Hall–Kier alpha value is -4.48. The van der Waals surface area contributed by atoms with Gasteiger partial charge >= 0.3 is 0 Å². The molecule has 0 spiro atoms. The Balaban J connectivity index is 2.00. The Labute approximate surface area is 199 Å². The number of nitriles is 1. The van der Waals surface area contributed by atoms with Crippen molar-refractivity contribution in [3.8, 4) is 23.3 Å². The quantitative estimate of drug-likeness (QED) is 0.403. The Bertz CT molecular complexity index is 1550. The summed E-state index contributed by atoms with van der Waals surface area (Å²) < 4.78 is 12.3. The molecule has 0 amide bonds. The number of aromatic nitrogens is 2. The number of rotatable bonds is 6. The standard InChI is InChI=1S/C26H19N3O4S/c1-32-20-10-6-17(7-11-20)24(30)22(16-27)26-29(19-8-12-21(33-2)13-9-19)25(31)23(34-26)15-18-5-3-4-14-28-18/h3-15H,1-2H3/b23-15+,26-22-. The van der Waals surface area contributed by atoms with E-state index in [0.29, 0.717) is 33.0 Å². The number of nitrogens with zero attached hydrogens (tertiary/aromatic N) is 3. The molecule has 0 unspecified atom stereocenters. The molecule has 0 saturated carbocycles. The summed E-state index contributed by atoms with van der Waals surface area (Å²) in [6, 6.07) is 20.7. The van der Waals surface area contributed by atoms with Crippen LogP contribution in [-0.2, 0) is 0 Å². The number of Topliss-reactive ketones (excluding diaryl/α,β-unsaturated/α-hetero) is 1. The normalized spacial score (nSPS) is 12.1. The summed E-state index contributed by atoms with van der Waals surface area (Å²) in [6.45, 7) is 0. The first-order chi connectivity index (χ1) is 16.5. The van der Waals surface area contributed by atoms with Crippen LogP contribution in [0.1, 0.15) is 16.1 Å². The SMILES string of the molecule is COc1ccc(C(=O)/C(C#N)=c2\s/c(=C/c3ccccn3)c(=O)n2-c2ccc(OC)cc2)cc1. The highest BCUT2D eigenvalue weighted by Gasteiger charge is 2.19. The van der Waals surface area contributed by atoms with Gasteiger partial charge in [-0.15, -0.1) is 11.3 Å². The van der Waals surface area contributed by atoms with Crippen molar-refractivity contribution in [1.82, 2.24) is 9.55 Å². The van der Waals surface area contributed by atoms with Gasteiger partial charge in [-0.25, -0.2) is 0 Å². The van der Waals surface area contributed by atoms with Crippen molar-refractivity contribution in [2.75, 3.05) is 14.2 Å². The smallest absolute Gasteiger partial charge is 0.273 e. The molecule has 0 aliphatic heterocycles. The van der Waals surface area contributed by atoms with Gasteiger partial charge in [0.25, 0.3) is 5.56 Å². The van der Waals surface area contributed by atoms with E-state index in [1.807, 2.05) is 12.1 Å². The minimum absolute atomic E-state index is 0.135. The van der Waals surface area contributed by atoms with Crippen LogP contribution >= 0.6 is 11.3 Å². The second-order valence-electron chi connectivity index (χ2n) is 7.05. The van der Waals surface area contributed by atoms with Gasteiger partial charge in [-0.1, -0.05) is 6.07 Å². The first-order valence-corrected chi connectivity index (χ1v) is 11.0. The van der Waals surface area contributed by atoms with E-state index in [-0.39, 0.29) is 15.8 Å². The Morgan fingerprint density at radius 3 is 2.21 bits per heavy atom. The van der Waals surface area contributed by atoms with E-state index in [1.54, 1.807) is 80.0 Å². The van der Waals surface area contributed by atoms with Crippen molar-refractivity contribution in [2.45, 2.75) is 0 Å². The van der Waals surface area contributed by atoms with E-state index in [2.05, 4.69) is 4.98 Å². The molecule has 0 saturated heterocycles. The zero-order chi connectivity index (χ0) is 24.1. The van der Waals surface area contributed by atoms with Crippen molar-refractivity contribution in [3.63, 3.8) is 0 Å². The van der Waals surface area contributed by atoms with Gasteiger partial charge in [0.2, 0.25) is 5.78 Å². The van der Waals surface area contributed by atoms with Crippen molar-refractivity contribution in [2.24, 2.45) is 0 Å². The summed E-state index contributed by atoms with van der Waals surface area (Å²) in [5.74, 6) is 0.722. The van der Waals surface area contributed by atoms with E-state index < -0.39 is 5.78 Å². The van der Waals surface area contributed by atoms with Gasteiger partial charge in [0, 0.05) is 11.8 Å². The summed E-state index contributed by atoms with van der Waals surface area (Å²) in [4.78, 5) is 31.0. The number of carbonyl (C=O) groups is 1. The van der Waals surface area contributed by atoms with Crippen molar-refractivity contribution in [3.05, 3.63) is 104 Å². The maximum Gasteiger partial charge on any atom is 0.273 e. The summed E-state index contributed by atoms with van der Waals surface area (Å²) in [6.07, 6.45) is 3.27. The second-order valence-corrected chi connectivity index (χ2v) is 8.08. The lowest BCUT2D eigenvalue weighted by Gasteiger charge is -2.06. The molecule has 7 nitrogen and oxygen atoms in total. The number of hydrogen-bond donors (Lipinski definition) is 0. The fourth-order valence-corrected chi connectivity index (χ4v) is 4.38. The lowest BCUT2D eigenvalue weighted by atomic mass is 10.1. The van der Waals surface area contributed by atoms with Crippen LogP contribution in [-0.4, -0.2) is 29.6 Å². The van der Waals surface area contributed by atoms with Crippen LogP contribution in [0, 0.1) is 11.3 Å². The van der Waals surface area contributed by atoms with Gasteiger partial charge in [0.15, 0.2) is 0 Å². The van der Waals surface area contributed by atoms with Gasteiger partial charge < -0.3 is 9.47 Å². The maximum absolute atomic E-state index is 13.4. The molecular formula is C26H19N3O4S. The molecule has 0 aliphatic carbocycles. The van der Waals surface area contributed by atoms with Crippen LogP contribution in [0.4, 0.5) is 0 Å². The largest absolute Gasteiger partial charge is 0.497 e. The number of benzene rings is 2. The van der Waals surface area contributed by atoms with Crippen molar-refractivity contribution < 1.29 is 14.3 Å². The molecular weight excluding hydrogens is 450 g/mol. The Morgan fingerprint density at radius 1 is 1.00 bits per heavy atom. The van der Waals surface area contributed by atoms with Gasteiger partial charge in [0.1, 0.15) is 27.8 Å². The van der Waals surface area contributed by atoms with E-state index in [9.17, 15) is 14.9 Å². The highest BCUT2D eigenvalue weighted by Crippen LogP contribution is 2.16. The number of ether oxygens (including phenoxy) is 2. The molecule has 0 bridgehead atoms. The third-order valence-corrected chi connectivity index (χ3v) is 6.12. The monoisotopic (exact) mass is 469 g/mol. The van der Waals surface area contributed by atoms with Gasteiger partial charge in [0.05, 0.1) is 30.1 Å². The van der Waals surface area contributed by atoms with Crippen LogP contribution in [0.5, 0.6) is 11.5 Å². The predicted molar refractivity (Wildman–Crippen MR) is 130 cm³/mol. The van der Waals surface area contributed by atoms with E-state index in [0.717, 1.165) is 11.3 Å². The number of pyridine rings is 1. The van der Waals surface area contributed by atoms with E-state index >= 15 is 0 Å². The molecule has 0 N–H and O–H groups in total. The molecule has 4 rings (SSSR count). The molecule has 8 heteroatoms. The third-order valence-electron chi connectivity index (χ3n) is 5.03. The van der Waals surface area contributed by atoms with Gasteiger partial charge in [-0.2, -0.15) is 5.26 Å². The minimum atomic E-state index is -0.488. The molecule has 4 aromatic rings. The first-order valence-electron chi connectivity index (χ1n) is 10.2. The second kappa shape index (κ2) is 9.98. The Kier molecular flexibility index (Phi) is 6.67. The molecule has 168 valence electrons. The zero-order valence-electron chi connectivity index (χ0n) is 18.4. The maximum atomic E-state index is 13.4. The number of ketones is 1. The topological polar surface area (TPSA) is 94.2 Å². The first kappa shape index (κ1) is 22.7. The molecule has 2 aromatic heterocycles. The average molecular weight is 470 g/mol. The lowest BCUT2D eigenvalue weighted by Crippen LogP contribution is -2.31. The summed E-state index contributed by atoms with van der Waals surface area (Å²) in [5.41, 5.74) is 0.923. The molecule has 0 atom stereocenters. The molecule has 0 radical (unpaired) electrons. The highest BCUT2D eigenvalue weighted by atomic mass is 32.1. The summed E-state index contributed by atoms with van der Waals surface area (Å²) in [7, 11) is 3.08. The number of methoxy groups -OCH3 is 2. The summed E-state index contributed by atoms with van der Waals surface area (Å²) in [5, 5.41) is 9.97. The molecule has 2 aromatic carbocycles. The molecule has 2 heterocycles. The van der Waals surface area contributed by atoms with Crippen LogP contribution in [0.25, 0.3) is 17.3 Å². The Morgan fingerprint density at radius 2 is 1.65 bits per heavy atom. The van der Waals surface area contributed by atoms with Crippen molar-refractivity contribution in [1.29, 1.82) is 5.26 Å². The molecule has 34 heavy (non-hydrogen) atoms. The lowest BCUT2D eigenvalue weighted by molar-refractivity contribution is 0.105. The molecule has 0 fully saturated rings. The highest BCUT2D eigenvalue weighted by molar-refractivity contribution is 7.07. The van der Waals surface area contributed by atoms with Gasteiger partial charge in [-0.05, 0) is 66.7 Å². The number of carbonyl (C=O) groups excluding carboxylic acids is 1. The van der Waals surface area contributed by atoms with Crippen LogP contribution in [0.15, 0.2) is 77.7 Å². The number of thiazole rings is 1. The third kappa shape index (κ3) is 4.51. The fraction of sp³-hybridized carbons (Fsp3) is 0.0769.